The number of aryl methyl sites for hydroxylation is 1. The molecule has 16 heavy (non-hydrogen) atoms. The number of nitrogens with one attached hydrogen (secondary N) is 1. The summed E-state index contributed by atoms with van der Waals surface area (Å²) in [6, 6.07) is 0. The predicted octanol–water partition coefficient (Wildman–Crippen LogP) is -0.278. The van der Waals surface area contributed by atoms with Gasteiger partial charge in [-0.15, -0.1) is 0 Å². The number of rotatable bonds is 1. The topological polar surface area (TPSA) is 81.2 Å². The molecule has 2 heterocycles. The van der Waals surface area contributed by atoms with Crippen LogP contribution in [-0.4, -0.2) is 21.4 Å². The number of aromatic nitrogens is 2. The van der Waals surface area contributed by atoms with E-state index in [1.54, 1.807) is 13.8 Å². The lowest BCUT2D eigenvalue weighted by Crippen LogP contribution is -2.35. The Labute approximate surface area is 90.9 Å². The maximum absolute atomic E-state index is 11.6. The predicted molar refractivity (Wildman–Crippen MR) is 55.3 cm³/mol. The first-order valence-electron chi connectivity index (χ1n) is 4.99. The van der Waals surface area contributed by atoms with Crippen LogP contribution in [0.15, 0.2) is 15.8 Å². The standard InChI is InChI=1S/C10H12N2O4/c1-5-4-12(10(15)11-8(5)14)9-7(13)3-6(2)16-9/h4,6,9H,3H2,1-2H3,(H,11,14,15)/t6-,9-/m1/s1. The van der Waals surface area contributed by atoms with Gasteiger partial charge in [0, 0.05) is 18.2 Å². The van der Waals surface area contributed by atoms with E-state index in [1.165, 1.54) is 6.20 Å². The highest BCUT2D eigenvalue weighted by molar-refractivity contribution is 5.83. The van der Waals surface area contributed by atoms with Crippen LogP contribution in [0, 0.1) is 6.92 Å². The lowest BCUT2D eigenvalue weighted by molar-refractivity contribution is -0.127. The molecule has 2 rings (SSSR count). The van der Waals surface area contributed by atoms with Gasteiger partial charge in [0.2, 0.25) is 0 Å². The molecule has 6 nitrogen and oxygen atoms in total. The van der Waals surface area contributed by atoms with Gasteiger partial charge in [0.1, 0.15) is 0 Å². The normalized spacial score (nSPS) is 25.0. The molecule has 86 valence electrons. The minimum absolute atomic E-state index is 0.152. The molecule has 0 amide bonds. The summed E-state index contributed by atoms with van der Waals surface area (Å²) in [6.45, 7) is 3.33. The summed E-state index contributed by atoms with van der Waals surface area (Å²) in [4.78, 5) is 36.4. The zero-order valence-corrected chi connectivity index (χ0v) is 9.02. The van der Waals surface area contributed by atoms with E-state index >= 15 is 0 Å². The summed E-state index contributed by atoms with van der Waals surface area (Å²) >= 11 is 0. The summed E-state index contributed by atoms with van der Waals surface area (Å²) in [5, 5.41) is 0. The Balaban J connectivity index is 2.49. The molecule has 0 radical (unpaired) electrons. The summed E-state index contributed by atoms with van der Waals surface area (Å²) in [5.41, 5.74) is -0.696. The lowest BCUT2D eigenvalue weighted by Gasteiger charge is -2.12. The Kier molecular flexibility index (Phi) is 2.51. The molecular weight excluding hydrogens is 212 g/mol. The van der Waals surface area contributed by atoms with Crippen LogP contribution < -0.4 is 11.2 Å². The molecule has 0 spiro atoms. The molecule has 0 aliphatic carbocycles. The van der Waals surface area contributed by atoms with Crippen LogP contribution in [-0.2, 0) is 9.53 Å². The number of Topliss-reactive ketones (excluding diaryl/α,β-unsaturated/α-hetero) is 1. The summed E-state index contributed by atoms with van der Waals surface area (Å²) in [7, 11) is 0. The van der Waals surface area contributed by atoms with Gasteiger partial charge in [0.15, 0.2) is 12.0 Å². The van der Waals surface area contributed by atoms with Crippen LogP contribution in [0.2, 0.25) is 0 Å². The third-order valence-electron chi connectivity index (χ3n) is 2.52. The van der Waals surface area contributed by atoms with E-state index in [9.17, 15) is 14.4 Å². The van der Waals surface area contributed by atoms with Crippen LogP contribution >= 0.6 is 0 Å². The molecule has 0 aromatic carbocycles. The van der Waals surface area contributed by atoms with E-state index in [0.29, 0.717) is 5.56 Å². The van der Waals surface area contributed by atoms with Crippen molar-refractivity contribution in [3.05, 3.63) is 32.6 Å². The molecule has 1 saturated heterocycles. The zero-order chi connectivity index (χ0) is 11.9. The number of H-pyrrole nitrogens is 1. The second kappa shape index (κ2) is 3.71. The average molecular weight is 224 g/mol. The van der Waals surface area contributed by atoms with Crippen molar-refractivity contribution in [1.29, 1.82) is 0 Å². The summed E-state index contributed by atoms with van der Waals surface area (Å²) in [6.07, 6.45) is 0.534. The van der Waals surface area contributed by atoms with Crippen molar-refractivity contribution in [2.45, 2.75) is 32.6 Å². The van der Waals surface area contributed by atoms with Crippen molar-refractivity contribution in [1.82, 2.24) is 9.55 Å². The SMILES string of the molecule is Cc1cn([C@@H]2O[C@H](C)CC2=O)c(=O)[nH]c1=O. The highest BCUT2D eigenvalue weighted by atomic mass is 16.5. The van der Waals surface area contributed by atoms with E-state index in [-0.39, 0.29) is 18.3 Å². The highest BCUT2D eigenvalue weighted by Crippen LogP contribution is 2.22. The molecule has 1 aromatic rings. The van der Waals surface area contributed by atoms with Gasteiger partial charge >= 0.3 is 5.69 Å². The minimum Gasteiger partial charge on any atom is -0.347 e. The second-order valence-electron chi connectivity index (χ2n) is 3.95. The average Bonchev–Trinajstić information content (AvgIpc) is 2.51. The summed E-state index contributed by atoms with van der Waals surface area (Å²) < 4.78 is 6.45. The number of ether oxygens (including phenoxy) is 1. The summed E-state index contributed by atoms with van der Waals surface area (Å²) in [5.74, 6) is -0.152. The van der Waals surface area contributed by atoms with Gasteiger partial charge in [0.25, 0.3) is 5.56 Å². The fraction of sp³-hybridized carbons (Fsp3) is 0.500. The first-order chi connectivity index (χ1) is 7.49. The molecule has 1 N–H and O–H groups in total. The van der Waals surface area contributed by atoms with Gasteiger partial charge in [-0.1, -0.05) is 0 Å². The Hall–Kier alpha value is -1.69. The van der Waals surface area contributed by atoms with Crippen LogP contribution in [0.5, 0.6) is 0 Å². The Morgan fingerprint density at radius 2 is 2.12 bits per heavy atom. The number of nitrogens with zero attached hydrogens (tertiary/aromatic N) is 1. The van der Waals surface area contributed by atoms with Crippen molar-refractivity contribution < 1.29 is 9.53 Å². The Morgan fingerprint density at radius 3 is 2.69 bits per heavy atom. The minimum atomic E-state index is -0.905. The number of aromatic amines is 1. The van der Waals surface area contributed by atoms with Crippen molar-refractivity contribution in [3.8, 4) is 0 Å². The quantitative estimate of drug-likeness (QED) is 0.711. The van der Waals surface area contributed by atoms with Crippen LogP contribution in [0.25, 0.3) is 0 Å². The molecule has 1 fully saturated rings. The molecule has 0 bridgehead atoms. The fourth-order valence-electron chi connectivity index (χ4n) is 1.71. The van der Waals surface area contributed by atoms with Crippen molar-refractivity contribution in [3.63, 3.8) is 0 Å². The smallest absolute Gasteiger partial charge is 0.330 e. The monoisotopic (exact) mass is 224 g/mol. The number of ketones is 1. The van der Waals surface area contributed by atoms with E-state index < -0.39 is 17.5 Å². The van der Waals surface area contributed by atoms with E-state index in [4.69, 9.17) is 4.74 Å². The van der Waals surface area contributed by atoms with Crippen molar-refractivity contribution in [2.24, 2.45) is 0 Å². The molecule has 1 aliphatic rings. The van der Waals surface area contributed by atoms with Crippen molar-refractivity contribution >= 4 is 5.78 Å². The van der Waals surface area contributed by atoms with Gasteiger partial charge in [-0.3, -0.25) is 19.1 Å². The number of carbonyl (C=O) groups excluding carboxylic acids is 1. The molecule has 1 aromatic heterocycles. The molecule has 0 saturated carbocycles. The zero-order valence-electron chi connectivity index (χ0n) is 9.02. The van der Waals surface area contributed by atoms with Gasteiger partial charge in [0.05, 0.1) is 6.10 Å². The highest BCUT2D eigenvalue weighted by Gasteiger charge is 2.32. The third kappa shape index (κ3) is 1.71. The van der Waals surface area contributed by atoms with Gasteiger partial charge < -0.3 is 4.74 Å². The van der Waals surface area contributed by atoms with Crippen LogP contribution in [0.4, 0.5) is 0 Å². The fourth-order valence-corrected chi connectivity index (χ4v) is 1.71. The lowest BCUT2D eigenvalue weighted by atomic mass is 10.2. The van der Waals surface area contributed by atoms with Crippen LogP contribution in [0.3, 0.4) is 0 Å². The molecule has 2 atom stereocenters. The third-order valence-corrected chi connectivity index (χ3v) is 2.52. The molecule has 1 aliphatic heterocycles. The molecule has 0 unspecified atom stereocenters. The number of hydrogen-bond acceptors (Lipinski definition) is 4. The second-order valence-corrected chi connectivity index (χ2v) is 3.95. The largest absolute Gasteiger partial charge is 0.347 e. The number of hydrogen-bond donors (Lipinski definition) is 1. The van der Waals surface area contributed by atoms with Crippen LogP contribution in [0.1, 0.15) is 25.1 Å². The van der Waals surface area contributed by atoms with E-state index in [0.717, 1.165) is 4.57 Å². The van der Waals surface area contributed by atoms with Gasteiger partial charge in [-0.05, 0) is 13.8 Å². The number of carbonyl (C=O) groups is 1. The van der Waals surface area contributed by atoms with E-state index in [1.807, 2.05) is 0 Å². The first-order valence-corrected chi connectivity index (χ1v) is 4.99. The Morgan fingerprint density at radius 1 is 1.44 bits per heavy atom. The maximum Gasteiger partial charge on any atom is 0.330 e. The van der Waals surface area contributed by atoms with E-state index in [2.05, 4.69) is 4.98 Å². The Bertz CT molecular complexity index is 542. The first kappa shape index (κ1) is 10.8. The molecular formula is C10H12N2O4. The maximum atomic E-state index is 11.6. The molecule has 6 heteroatoms. The van der Waals surface area contributed by atoms with Gasteiger partial charge in [-0.2, -0.15) is 0 Å². The van der Waals surface area contributed by atoms with Gasteiger partial charge in [-0.25, -0.2) is 4.79 Å². The van der Waals surface area contributed by atoms with Crippen molar-refractivity contribution in [2.75, 3.05) is 0 Å².